The van der Waals surface area contributed by atoms with Crippen LogP contribution >= 0.6 is 11.8 Å². The van der Waals surface area contributed by atoms with E-state index in [-0.39, 0.29) is 18.2 Å². The zero-order chi connectivity index (χ0) is 16.9. The fraction of sp³-hybridized carbons (Fsp3) is 0.294. The number of hydrogen-bond donors (Lipinski definition) is 1. The molecule has 124 valence electrons. The molecular weight excluding hydrogens is 324 g/mol. The maximum atomic E-state index is 12.6. The van der Waals surface area contributed by atoms with Gasteiger partial charge in [0.1, 0.15) is 5.03 Å². The van der Waals surface area contributed by atoms with Crippen molar-refractivity contribution in [3.63, 3.8) is 0 Å². The monoisotopic (exact) mass is 342 g/mol. The van der Waals surface area contributed by atoms with Gasteiger partial charge in [-0.25, -0.2) is 4.98 Å². The number of thioether (sulfide) groups is 1. The van der Waals surface area contributed by atoms with Gasteiger partial charge in [-0.05, 0) is 36.8 Å². The van der Waals surface area contributed by atoms with Gasteiger partial charge in [-0.3, -0.25) is 14.6 Å². The SMILES string of the molecule is CCN1C(=O)[C@@H](CC(=O)NCc2ccncc2)Sc2ncccc21. The van der Waals surface area contributed by atoms with E-state index in [9.17, 15) is 9.59 Å². The third kappa shape index (κ3) is 3.56. The van der Waals surface area contributed by atoms with Crippen molar-refractivity contribution in [1.82, 2.24) is 15.3 Å². The molecule has 2 amide bonds. The number of fused-ring (bicyclic) bond motifs is 1. The Labute approximate surface area is 144 Å². The molecule has 1 N–H and O–H groups in total. The Hall–Kier alpha value is -2.41. The number of amides is 2. The molecule has 3 rings (SSSR count). The highest BCUT2D eigenvalue weighted by Crippen LogP contribution is 2.38. The highest BCUT2D eigenvalue weighted by molar-refractivity contribution is 8.00. The highest BCUT2D eigenvalue weighted by atomic mass is 32.2. The Morgan fingerprint density at radius 1 is 1.29 bits per heavy atom. The summed E-state index contributed by atoms with van der Waals surface area (Å²) in [4.78, 5) is 34.8. The maximum Gasteiger partial charge on any atom is 0.241 e. The van der Waals surface area contributed by atoms with Gasteiger partial charge in [0.05, 0.1) is 10.9 Å². The molecular formula is C17H18N4O2S. The zero-order valence-electron chi connectivity index (χ0n) is 13.3. The molecule has 1 atom stereocenters. The summed E-state index contributed by atoms with van der Waals surface area (Å²) in [6.45, 7) is 2.91. The molecule has 3 heterocycles. The fourth-order valence-electron chi connectivity index (χ4n) is 2.55. The van der Waals surface area contributed by atoms with Crippen LogP contribution in [0.25, 0.3) is 0 Å². The van der Waals surface area contributed by atoms with Gasteiger partial charge in [-0.15, -0.1) is 0 Å². The average molecular weight is 342 g/mol. The van der Waals surface area contributed by atoms with Gasteiger partial charge in [-0.2, -0.15) is 0 Å². The number of anilines is 1. The smallest absolute Gasteiger partial charge is 0.241 e. The summed E-state index contributed by atoms with van der Waals surface area (Å²) >= 11 is 1.36. The standard InChI is InChI=1S/C17H18N4O2S/c1-2-21-13-4-3-7-19-16(13)24-14(17(21)23)10-15(22)20-11-12-5-8-18-9-6-12/h3-9,14H,2,10-11H2,1H3,(H,20,22)/t14-/m1/s1. The van der Waals surface area contributed by atoms with E-state index < -0.39 is 5.25 Å². The summed E-state index contributed by atoms with van der Waals surface area (Å²) in [5.41, 5.74) is 1.80. The predicted molar refractivity (Wildman–Crippen MR) is 92.6 cm³/mol. The van der Waals surface area contributed by atoms with Crippen molar-refractivity contribution in [3.8, 4) is 0 Å². The quantitative estimate of drug-likeness (QED) is 0.900. The van der Waals surface area contributed by atoms with E-state index in [1.165, 1.54) is 11.8 Å². The van der Waals surface area contributed by atoms with Crippen LogP contribution in [0.1, 0.15) is 18.9 Å². The van der Waals surface area contributed by atoms with Crippen molar-refractivity contribution in [2.75, 3.05) is 11.4 Å². The third-order valence-electron chi connectivity index (χ3n) is 3.76. The predicted octanol–water partition coefficient (Wildman–Crippen LogP) is 2.01. The van der Waals surface area contributed by atoms with E-state index in [4.69, 9.17) is 0 Å². The fourth-order valence-corrected chi connectivity index (χ4v) is 3.71. The molecule has 2 aromatic rings. The number of nitrogens with one attached hydrogen (secondary N) is 1. The first-order valence-corrected chi connectivity index (χ1v) is 8.65. The molecule has 7 heteroatoms. The minimum atomic E-state index is -0.440. The molecule has 0 radical (unpaired) electrons. The average Bonchev–Trinajstić information content (AvgIpc) is 2.62. The molecule has 0 saturated carbocycles. The van der Waals surface area contributed by atoms with Gasteiger partial charge in [0.25, 0.3) is 0 Å². The number of nitrogens with zero attached hydrogens (tertiary/aromatic N) is 3. The summed E-state index contributed by atoms with van der Waals surface area (Å²) in [6, 6.07) is 7.40. The van der Waals surface area contributed by atoms with Gasteiger partial charge in [0, 0.05) is 38.1 Å². The van der Waals surface area contributed by atoms with Crippen LogP contribution < -0.4 is 10.2 Å². The molecule has 2 aromatic heterocycles. The van der Waals surface area contributed by atoms with Crippen molar-refractivity contribution in [2.45, 2.75) is 30.2 Å². The molecule has 0 unspecified atom stereocenters. The van der Waals surface area contributed by atoms with Crippen LogP contribution in [0.5, 0.6) is 0 Å². The van der Waals surface area contributed by atoms with Crippen molar-refractivity contribution in [1.29, 1.82) is 0 Å². The molecule has 6 nitrogen and oxygen atoms in total. The number of rotatable bonds is 5. The summed E-state index contributed by atoms with van der Waals surface area (Å²) in [7, 11) is 0. The summed E-state index contributed by atoms with van der Waals surface area (Å²) in [5, 5.41) is 3.21. The largest absolute Gasteiger partial charge is 0.352 e. The van der Waals surface area contributed by atoms with Crippen molar-refractivity contribution >= 4 is 29.3 Å². The highest BCUT2D eigenvalue weighted by Gasteiger charge is 2.34. The third-order valence-corrected chi connectivity index (χ3v) is 4.95. The van der Waals surface area contributed by atoms with E-state index in [1.807, 2.05) is 31.2 Å². The molecule has 24 heavy (non-hydrogen) atoms. The molecule has 1 aliphatic heterocycles. The van der Waals surface area contributed by atoms with Crippen LogP contribution in [0.3, 0.4) is 0 Å². The molecule has 0 saturated heterocycles. The maximum absolute atomic E-state index is 12.6. The number of carbonyl (C=O) groups excluding carboxylic acids is 2. The van der Waals surface area contributed by atoms with E-state index in [2.05, 4.69) is 15.3 Å². The number of carbonyl (C=O) groups is 2. The Morgan fingerprint density at radius 2 is 2.08 bits per heavy atom. The molecule has 0 fully saturated rings. The minimum Gasteiger partial charge on any atom is -0.352 e. The lowest BCUT2D eigenvalue weighted by molar-refractivity contribution is -0.125. The van der Waals surface area contributed by atoms with Gasteiger partial charge in [0.15, 0.2) is 0 Å². The molecule has 0 spiro atoms. The Kier molecular flexibility index (Phi) is 5.10. The number of aromatic nitrogens is 2. The lowest BCUT2D eigenvalue weighted by atomic mass is 10.2. The van der Waals surface area contributed by atoms with Gasteiger partial charge >= 0.3 is 0 Å². The van der Waals surface area contributed by atoms with Crippen molar-refractivity contribution < 1.29 is 9.59 Å². The van der Waals surface area contributed by atoms with E-state index >= 15 is 0 Å². The van der Waals surface area contributed by atoms with Gasteiger partial charge < -0.3 is 10.2 Å². The van der Waals surface area contributed by atoms with Crippen LogP contribution in [0, 0.1) is 0 Å². The first-order chi connectivity index (χ1) is 11.7. The van der Waals surface area contributed by atoms with Crippen LogP contribution in [0.4, 0.5) is 5.69 Å². The number of pyridine rings is 2. The molecule has 0 aromatic carbocycles. The molecule has 0 bridgehead atoms. The first kappa shape index (κ1) is 16.4. The van der Waals surface area contributed by atoms with E-state index in [1.54, 1.807) is 23.5 Å². The van der Waals surface area contributed by atoms with Gasteiger partial charge in [-0.1, -0.05) is 11.8 Å². The summed E-state index contributed by atoms with van der Waals surface area (Å²) in [6.07, 6.45) is 5.21. The second-order valence-electron chi connectivity index (χ2n) is 5.35. The van der Waals surface area contributed by atoms with E-state index in [0.717, 1.165) is 16.3 Å². The second-order valence-corrected chi connectivity index (χ2v) is 6.54. The van der Waals surface area contributed by atoms with Gasteiger partial charge in [0.2, 0.25) is 11.8 Å². The Morgan fingerprint density at radius 3 is 2.83 bits per heavy atom. The topological polar surface area (TPSA) is 75.2 Å². The molecule has 0 aliphatic carbocycles. The summed E-state index contributed by atoms with van der Waals surface area (Å²) < 4.78 is 0. The Bertz CT molecular complexity index is 738. The van der Waals surface area contributed by atoms with Crippen LogP contribution in [0.15, 0.2) is 47.9 Å². The minimum absolute atomic E-state index is 0.0398. The lowest BCUT2D eigenvalue weighted by Gasteiger charge is -2.31. The van der Waals surface area contributed by atoms with Crippen LogP contribution in [-0.4, -0.2) is 33.6 Å². The van der Waals surface area contributed by atoms with Crippen molar-refractivity contribution in [3.05, 3.63) is 48.4 Å². The molecule has 1 aliphatic rings. The number of hydrogen-bond acceptors (Lipinski definition) is 5. The zero-order valence-corrected chi connectivity index (χ0v) is 14.1. The lowest BCUT2D eigenvalue weighted by Crippen LogP contribution is -2.43. The summed E-state index contributed by atoms with van der Waals surface area (Å²) in [5.74, 6) is -0.185. The normalized spacial score (nSPS) is 16.6. The van der Waals surface area contributed by atoms with E-state index in [0.29, 0.717) is 13.1 Å². The van der Waals surface area contributed by atoms with Crippen molar-refractivity contribution in [2.24, 2.45) is 0 Å². The van der Waals surface area contributed by atoms with Crippen LogP contribution in [0.2, 0.25) is 0 Å². The first-order valence-electron chi connectivity index (χ1n) is 7.77. The van der Waals surface area contributed by atoms with Crippen LogP contribution in [-0.2, 0) is 16.1 Å². The Balaban J connectivity index is 1.65. The second kappa shape index (κ2) is 7.44.